The van der Waals surface area contributed by atoms with Crippen LogP contribution in [0.5, 0.6) is 5.75 Å². The summed E-state index contributed by atoms with van der Waals surface area (Å²) in [7, 11) is 8.62. The predicted octanol–water partition coefficient (Wildman–Crippen LogP) is 2.77. The largest absolute Gasteiger partial charge is 0.497 e. The van der Waals surface area contributed by atoms with Gasteiger partial charge in [-0.1, -0.05) is 39.0 Å². The van der Waals surface area contributed by atoms with Crippen LogP contribution >= 0.6 is 9.24 Å². The molecule has 3 heteroatoms. The van der Waals surface area contributed by atoms with E-state index in [1.165, 1.54) is 5.56 Å². The normalized spacial score (nSPS) is 12.6. The van der Waals surface area contributed by atoms with Crippen LogP contribution in [-0.4, -0.2) is 13.3 Å². The van der Waals surface area contributed by atoms with Crippen molar-refractivity contribution in [2.24, 2.45) is 0 Å². The minimum Gasteiger partial charge on any atom is -0.497 e. The van der Waals surface area contributed by atoms with Crippen molar-refractivity contribution in [3.05, 3.63) is 23.8 Å². The van der Waals surface area contributed by atoms with Gasteiger partial charge in [-0.2, -0.15) is 0 Å². The van der Waals surface area contributed by atoms with Crippen molar-refractivity contribution in [1.82, 2.24) is 0 Å². The number of ether oxygens (including phenoxy) is 1. The van der Waals surface area contributed by atoms with E-state index in [2.05, 4.69) is 36.1 Å². The zero-order valence-corrected chi connectivity index (χ0v) is 11.9. The second-order valence-corrected chi connectivity index (χ2v) is 6.30. The van der Waals surface area contributed by atoms with Gasteiger partial charge in [-0.15, -0.1) is 9.24 Å². The zero-order chi connectivity index (χ0) is 12.6. The summed E-state index contributed by atoms with van der Waals surface area (Å²) in [6, 6.07) is 6.15. The van der Waals surface area contributed by atoms with Crippen LogP contribution in [0, 0.1) is 0 Å². The molecule has 0 fully saturated rings. The molecule has 0 aliphatic rings. The Morgan fingerprint density at radius 2 is 1.69 bits per heavy atom. The Labute approximate surface area is 103 Å². The number of hydrogen-bond acceptors (Lipinski definition) is 1. The molecule has 0 heterocycles. The summed E-state index contributed by atoms with van der Waals surface area (Å²) >= 11 is 0. The van der Waals surface area contributed by atoms with Crippen LogP contribution in [0.4, 0.5) is 0 Å². The Balaban J connectivity index is 3.25. The number of hydrogen-bond donors (Lipinski definition) is 0. The van der Waals surface area contributed by atoms with Gasteiger partial charge in [0.2, 0.25) is 0 Å². The van der Waals surface area contributed by atoms with Gasteiger partial charge in [-0.3, -0.25) is 0 Å². The van der Waals surface area contributed by atoms with E-state index in [0.717, 1.165) is 11.1 Å². The summed E-state index contributed by atoms with van der Waals surface area (Å²) in [6.07, 6.45) is 0. The maximum absolute atomic E-state index is 5.92. The van der Waals surface area contributed by atoms with Crippen LogP contribution in [0.2, 0.25) is 0 Å². The Hall–Kier alpha value is -0.485. The fraction of sp³-hybridized carbons (Fsp3) is 0.538. The molecule has 1 aromatic carbocycles. The van der Waals surface area contributed by atoms with E-state index >= 15 is 0 Å². The third-order valence-electron chi connectivity index (χ3n) is 2.22. The summed E-state index contributed by atoms with van der Waals surface area (Å²) in [6.45, 7) is 10.2. The molecular formula is C13H20BOP. The average Bonchev–Trinajstić information content (AvgIpc) is 2.04. The molecule has 0 amide bonds. The maximum atomic E-state index is 5.92. The molecule has 1 atom stereocenters. The Morgan fingerprint density at radius 1 is 1.12 bits per heavy atom. The molecule has 1 nitrogen and oxygen atoms in total. The lowest BCUT2D eigenvalue weighted by molar-refractivity contribution is 0.195. The summed E-state index contributed by atoms with van der Waals surface area (Å²) in [5.41, 5.74) is 0.568. The molecule has 86 valence electrons. The third-order valence-corrected chi connectivity index (χ3v) is 2.67. The van der Waals surface area contributed by atoms with Crippen LogP contribution in [0.3, 0.4) is 0 Å². The van der Waals surface area contributed by atoms with Crippen molar-refractivity contribution in [2.75, 3.05) is 0 Å². The van der Waals surface area contributed by atoms with E-state index in [9.17, 15) is 0 Å². The van der Waals surface area contributed by atoms with Crippen molar-refractivity contribution in [1.29, 1.82) is 0 Å². The van der Waals surface area contributed by atoms with Crippen molar-refractivity contribution < 1.29 is 4.74 Å². The number of rotatable bonds is 2. The number of para-hydroxylation sites is 1. The van der Waals surface area contributed by atoms with E-state index in [4.69, 9.17) is 12.6 Å². The van der Waals surface area contributed by atoms with Gasteiger partial charge in [-0.05, 0) is 19.3 Å². The van der Waals surface area contributed by atoms with Gasteiger partial charge in [0, 0.05) is 10.9 Å². The molecule has 0 N–H and O–H groups in total. The quantitative estimate of drug-likeness (QED) is 0.564. The third kappa shape index (κ3) is 3.52. The average molecular weight is 234 g/mol. The topological polar surface area (TPSA) is 9.23 Å². The number of benzene rings is 1. The predicted molar refractivity (Wildman–Crippen MR) is 74.9 cm³/mol. The molecule has 0 aliphatic carbocycles. The van der Waals surface area contributed by atoms with Gasteiger partial charge < -0.3 is 4.74 Å². The Kier molecular flexibility index (Phi) is 3.74. The molecular weight excluding hydrogens is 214 g/mol. The van der Waals surface area contributed by atoms with E-state index in [1.54, 1.807) is 0 Å². The summed E-state index contributed by atoms with van der Waals surface area (Å²) < 4.78 is 5.85. The van der Waals surface area contributed by atoms with E-state index < -0.39 is 5.50 Å². The Morgan fingerprint density at radius 3 is 2.12 bits per heavy atom. The molecule has 1 unspecified atom stereocenters. The fourth-order valence-electron chi connectivity index (χ4n) is 1.52. The van der Waals surface area contributed by atoms with Crippen LogP contribution in [0.1, 0.15) is 40.2 Å². The molecule has 0 saturated carbocycles. The van der Waals surface area contributed by atoms with E-state index in [-0.39, 0.29) is 5.41 Å². The van der Waals surface area contributed by atoms with Gasteiger partial charge in [0.15, 0.2) is 0 Å². The van der Waals surface area contributed by atoms with Crippen LogP contribution < -0.4 is 10.0 Å². The first-order valence-corrected chi connectivity index (χ1v) is 6.06. The maximum Gasteiger partial charge on any atom is 0.130 e. The molecule has 16 heavy (non-hydrogen) atoms. The highest BCUT2D eigenvalue weighted by Crippen LogP contribution is 2.32. The summed E-state index contributed by atoms with van der Waals surface area (Å²) in [4.78, 5) is 0. The first kappa shape index (κ1) is 13.6. The second kappa shape index (κ2) is 4.41. The van der Waals surface area contributed by atoms with Crippen molar-refractivity contribution in [2.45, 2.75) is 45.5 Å². The smallest absolute Gasteiger partial charge is 0.130 e. The highest BCUT2D eigenvalue weighted by molar-refractivity contribution is 7.27. The van der Waals surface area contributed by atoms with Crippen molar-refractivity contribution in [3.63, 3.8) is 0 Å². The molecule has 0 aromatic heterocycles. The van der Waals surface area contributed by atoms with Crippen molar-refractivity contribution >= 4 is 22.4 Å². The highest BCUT2D eigenvalue weighted by atomic mass is 31.0. The molecule has 0 bridgehead atoms. The Bertz CT molecular complexity index is 374. The van der Waals surface area contributed by atoms with Crippen LogP contribution in [-0.2, 0) is 5.41 Å². The highest BCUT2D eigenvalue weighted by Gasteiger charge is 2.23. The standard InChI is InChI=1S/C13H20BOP/c1-12(2,3)9-7-6-8-10(16)11(9)15-13(4,5)14/h6-8H,16H2,1-5H3. The minimum atomic E-state index is -0.660. The molecule has 2 radical (unpaired) electrons. The molecule has 1 rings (SSSR count). The van der Waals surface area contributed by atoms with Gasteiger partial charge in [-0.25, -0.2) is 0 Å². The first-order chi connectivity index (χ1) is 7.11. The summed E-state index contributed by atoms with van der Waals surface area (Å²) in [5, 5.41) is 1.05. The minimum absolute atomic E-state index is 0.0488. The fourth-order valence-corrected chi connectivity index (χ4v) is 1.85. The molecule has 0 spiro atoms. The monoisotopic (exact) mass is 234 g/mol. The lowest BCUT2D eigenvalue weighted by Crippen LogP contribution is -2.31. The van der Waals surface area contributed by atoms with E-state index in [0.29, 0.717) is 0 Å². The van der Waals surface area contributed by atoms with Crippen molar-refractivity contribution in [3.8, 4) is 5.75 Å². The van der Waals surface area contributed by atoms with Crippen LogP contribution in [0.25, 0.3) is 0 Å². The lowest BCUT2D eigenvalue weighted by Gasteiger charge is -2.29. The molecule has 1 aromatic rings. The van der Waals surface area contributed by atoms with Gasteiger partial charge in [0.25, 0.3) is 0 Å². The SMILES string of the molecule is [B]C(C)(C)Oc1c(P)cccc1C(C)(C)C. The molecule has 0 saturated heterocycles. The molecule has 0 aliphatic heterocycles. The zero-order valence-electron chi connectivity index (χ0n) is 10.8. The lowest BCUT2D eigenvalue weighted by atomic mass is 9.84. The van der Waals surface area contributed by atoms with Gasteiger partial charge >= 0.3 is 0 Å². The first-order valence-electron chi connectivity index (χ1n) is 5.48. The summed E-state index contributed by atoms with van der Waals surface area (Å²) in [5.74, 6) is 0.882. The second-order valence-electron chi connectivity index (χ2n) is 5.68. The van der Waals surface area contributed by atoms with E-state index in [1.807, 2.05) is 26.0 Å². The van der Waals surface area contributed by atoms with Crippen LogP contribution in [0.15, 0.2) is 18.2 Å². The van der Waals surface area contributed by atoms with Gasteiger partial charge in [0.05, 0.1) is 5.50 Å². The van der Waals surface area contributed by atoms with Gasteiger partial charge in [0.1, 0.15) is 13.6 Å².